The molecule has 0 saturated heterocycles. The lowest BCUT2D eigenvalue weighted by molar-refractivity contribution is 0.0919. The standard InChI is InChI=1S/C28H31N3O3/c1-18(2)24-13-11-19(3)15-27(24)33-17-23-12-14-26(34-23)28(32)29-16-25-20(4)30-31(21(25)5)22-9-7-6-8-10-22/h6-15,18H,16-17H2,1-5H3,(H,29,32). The smallest absolute Gasteiger partial charge is 0.287 e. The van der Waals surface area contributed by atoms with E-state index in [-0.39, 0.29) is 18.3 Å². The second-order valence-corrected chi connectivity index (χ2v) is 8.83. The van der Waals surface area contributed by atoms with Crippen LogP contribution in [0.25, 0.3) is 5.69 Å². The van der Waals surface area contributed by atoms with E-state index in [1.807, 2.05) is 61.9 Å². The molecule has 0 aliphatic carbocycles. The van der Waals surface area contributed by atoms with E-state index in [1.54, 1.807) is 12.1 Å². The number of rotatable bonds is 8. The van der Waals surface area contributed by atoms with Crippen LogP contribution in [0.2, 0.25) is 0 Å². The minimum absolute atomic E-state index is 0.262. The lowest BCUT2D eigenvalue weighted by atomic mass is 10.0. The van der Waals surface area contributed by atoms with Crippen molar-refractivity contribution in [3.63, 3.8) is 0 Å². The molecule has 0 bridgehead atoms. The maximum Gasteiger partial charge on any atom is 0.287 e. The molecule has 0 radical (unpaired) electrons. The Bertz CT molecular complexity index is 1290. The summed E-state index contributed by atoms with van der Waals surface area (Å²) in [6, 6.07) is 19.6. The van der Waals surface area contributed by atoms with Gasteiger partial charge in [-0.25, -0.2) is 4.68 Å². The molecular formula is C28H31N3O3. The van der Waals surface area contributed by atoms with Crippen LogP contribution < -0.4 is 10.1 Å². The Kier molecular flexibility index (Phi) is 6.87. The fourth-order valence-electron chi connectivity index (χ4n) is 3.98. The van der Waals surface area contributed by atoms with Crippen molar-refractivity contribution in [1.82, 2.24) is 15.1 Å². The third-order valence-electron chi connectivity index (χ3n) is 5.91. The van der Waals surface area contributed by atoms with Crippen molar-refractivity contribution >= 4 is 5.91 Å². The molecule has 2 heterocycles. The van der Waals surface area contributed by atoms with Crippen LogP contribution in [0.5, 0.6) is 5.75 Å². The molecule has 0 aliphatic heterocycles. The highest BCUT2D eigenvalue weighted by molar-refractivity contribution is 5.91. The van der Waals surface area contributed by atoms with Gasteiger partial charge in [-0.15, -0.1) is 0 Å². The molecule has 0 atom stereocenters. The van der Waals surface area contributed by atoms with Gasteiger partial charge < -0.3 is 14.5 Å². The highest BCUT2D eigenvalue weighted by Gasteiger charge is 2.17. The van der Waals surface area contributed by atoms with Crippen LogP contribution in [0, 0.1) is 20.8 Å². The van der Waals surface area contributed by atoms with Gasteiger partial charge in [0.1, 0.15) is 18.1 Å². The SMILES string of the molecule is Cc1ccc(C(C)C)c(OCc2ccc(C(=O)NCc3c(C)nn(-c4ccccc4)c3C)o2)c1. The summed E-state index contributed by atoms with van der Waals surface area (Å²) in [7, 11) is 0. The van der Waals surface area contributed by atoms with Gasteiger partial charge in [-0.3, -0.25) is 4.79 Å². The average molecular weight is 458 g/mol. The number of nitrogens with zero attached hydrogens (tertiary/aromatic N) is 2. The summed E-state index contributed by atoms with van der Waals surface area (Å²) in [6.07, 6.45) is 0. The number of hydrogen-bond donors (Lipinski definition) is 1. The van der Waals surface area contributed by atoms with Gasteiger partial charge in [-0.1, -0.05) is 44.2 Å². The summed E-state index contributed by atoms with van der Waals surface area (Å²) >= 11 is 0. The molecule has 34 heavy (non-hydrogen) atoms. The minimum Gasteiger partial charge on any atom is -0.485 e. The van der Waals surface area contributed by atoms with Gasteiger partial charge in [0, 0.05) is 17.8 Å². The fourth-order valence-corrected chi connectivity index (χ4v) is 3.98. The molecule has 1 N–H and O–H groups in total. The van der Waals surface area contributed by atoms with E-state index < -0.39 is 0 Å². The Morgan fingerprint density at radius 1 is 1.06 bits per heavy atom. The third-order valence-corrected chi connectivity index (χ3v) is 5.91. The summed E-state index contributed by atoms with van der Waals surface area (Å²) in [5, 5.41) is 7.59. The summed E-state index contributed by atoms with van der Waals surface area (Å²) in [4.78, 5) is 12.7. The summed E-state index contributed by atoms with van der Waals surface area (Å²) < 4.78 is 13.7. The molecule has 1 amide bonds. The first-order chi connectivity index (χ1) is 16.3. The first-order valence-corrected chi connectivity index (χ1v) is 11.5. The second kappa shape index (κ2) is 10.00. The van der Waals surface area contributed by atoms with E-state index in [0.29, 0.717) is 18.2 Å². The van der Waals surface area contributed by atoms with Crippen LogP contribution in [0.4, 0.5) is 0 Å². The number of furan rings is 1. The molecule has 4 aromatic rings. The molecule has 6 nitrogen and oxygen atoms in total. The molecule has 0 unspecified atom stereocenters. The van der Waals surface area contributed by atoms with E-state index >= 15 is 0 Å². The van der Waals surface area contributed by atoms with Gasteiger partial charge in [0.25, 0.3) is 5.91 Å². The molecule has 2 aromatic heterocycles. The topological polar surface area (TPSA) is 69.3 Å². The maximum absolute atomic E-state index is 12.7. The quantitative estimate of drug-likeness (QED) is 0.351. The Balaban J connectivity index is 1.39. The normalized spacial score (nSPS) is 11.1. The van der Waals surface area contributed by atoms with Gasteiger partial charge in [-0.2, -0.15) is 5.10 Å². The summed E-state index contributed by atoms with van der Waals surface area (Å²) in [6.45, 7) is 10.9. The number of carbonyl (C=O) groups is 1. The monoisotopic (exact) mass is 457 g/mol. The molecule has 0 aliphatic rings. The second-order valence-electron chi connectivity index (χ2n) is 8.83. The number of aromatic nitrogens is 2. The van der Waals surface area contributed by atoms with Crippen LogP contribution >= 0.6 is 0 Å². The number of hydrogen-bond acceptors (Lipinski definition) is 4. The Morgan fingerprint density at radius 3 is 2.56 bits per heavy atom. The minimum atomic E-state index is -0.268. The molecule has 6 heteroatoms. The number of nitrogens with one attached hydrogen (secondary N) is 1. The van der Waals surface area contributed by atoms with Crippen molar-refractivity contribution in [2.45, 2.75) is 53.7 Å². The van der Waals surface area contributed by atoms with Crippen LogP contribution in [-0.2, 0) is 13.2 Å². The van der Waals surface area contributed by atoms with E-state index in [0.717, 1.165) is 39.5 Å². The van der Waals surface area contributed by atoms with E-state index in [2.05, 4.69) is 36.4 Å². The summed E-state index contributed by atoms with van der Waals surface area (Å²) in [5.41, 5.74) is 6.15. The maximum atomic E-state index is 12.7. The first-order valence-electron chi connectivity index (χ1n) is 11.5. The molecule has 0 saturated carbocycles. The Morgan fingerprint density at radius 2 is 1.82 bits per heavy atom. The number of carbonyl (C=O) groups excluding carboxylic acids is 1. The van der Waals surface area contributed by atoms with Crippen molar-refractivity contribution in [2.24, 2.45) is 0 Å². The van der Waals surface area contributed by atoms with Gasteiger partial charge in [-0.05, 0) is 68.1 Å². The predicted octanol–water partition coefficient (Wildman–Crippen LogP) is 6.02. The molecule has 2 aromatic carbocycles. The molecule has 0 fully saturated rings. The zero-order valence-corrected chi connectivity index (χ0v) is 20.4. The van der Waals surface area contributed by atoms with Crippen LogP contribution in [0.15, 0.2) is 65.1 Å². The van der Waals surface area contributed by atoms with E-state index in [4.69, 9.17) is 9.15 Å². The lowest BCUT2D eigenvalue weighted by Crippen LogP contribution is -2.23. The lowest BCUT2D eigenvalue weighted by Gasteiger charge is -2.14. The van der Waals surface area contributed by atoms with E-state index in [1.165, 1.54) is 0 Å². The number of ether oxygens (including phenoxy) is 1. The third kappa shape index (κ3) is 5.06. The molecule has 176 valence electrons. The van der Waals surface area contributed by atoms with Crippen molar-refractivity contribution in [3.8, 4) is 11.4 Å². The fraction of sp³-hybridized carbons (Fsp3) is 0.286. The summed E-state index contributed by atoms with van der Waals surface area (Å²) in [5.74, 6) is 1.80. The number of para-hydroxylation sites is 1. The van der Waals surface area contributed by atoms with Crippen LogP contribution in [0.1, 0.15) is 64.2 Å². The average Bonchev–Trinajstić information content (AvgIpc) is 3.41. The van der Waals surface area contributed by atoms with Gasteiger partial charge in [0.05, 0.1) is 11.4 Å². The van der Waals surface area contributed by atoms with Crippen molar-refractivity contribution in [1.29, 1.82) is 0 Å². The van der Waals surface area contributed by atoms with Crippen molar-refractivity contribution < 1.29 is 13.9 Å². The molecule has 4 rings (SSSR count). The number of benzene rings is 2. The zero-order chi connectivity index (χ0) is 24.2. The Hall–Kier alpha value is -3.80. The molecule has 0 spiro atoms. The van der Waals surface area contributed by atoms with Crippen LogP contribution in [-0.4, -0.2) is 15.7 Å². The first kappa shape index (κ1) is 23.4. The Labute approximate surface area is 200 Å². The van der Waals surface area contributed by atoms with Gasteiger partial charge >= 0.3 is 0 Å². The van der Waals surface area contributed by atoms with Crippen molar-refractivity contribution in [2.75, 3.05) is 0 Å². The number of aryl methyl sites for hydroxylation is 2. The van der Waals surface area contributed by atoms with Crippen LogP contribution in [0.3, 0.4) is 0 Å². The van der Waals surface area contributed by atoms with Gasteiger partial charge in [0.15, 0.2) is 5.76 Å². The van der Waals surface area contributed by atoms with Gasteiger partial charge in [0.2, 0.25) is 0 Å². The zero-order valence-electron chi connectivity index (χ0n) is 20.4. The highest BCUT2D eigenvalue weighted by Crippen LogP contribution is 2.28. The predicted molar refractivity (Wildman–Crippen MR) is 133 cm³/mol. The number of amides is 1. The van der Waals surface area contributed by atoms with Crippen molar-refractivity contribution in [3.05, 3.63) is 100 Å². The van der Waals surface area contributed by atoms with E-state index in [9.17, 15) is 4.79 Å². The molecular weight excluding hydrogens is 426 g/mol. The highest BCUT2D eigenvalue weighted by atomic mass is 16.5. The largest absolute Gasteiger partial charge is 0.485 e.